The van der Waals surface area contributed by atoms with Crippen LogP contribution in [0.15, 0.2) is 4.42 Å². The molecule has 1 saturated carbocycles. The van der Waals surface area contributed by atoms with Gasteiger partial charge in [0.05, 0.1) is 6.54 Å². The van der Waals surface area contributed by atoms with Gasteiger partial charge in [0.15, 0.2) is 0 Å². The van der Waals surface area contributed by atoms with Gasteiger partial charge in [-0.05, 0) is 32.2 Å². The lowest BCUT2D eigenvalue weighted by atomic mass is 10.2. The van der Waals surface area contributed by atoms with Crippen LogP contribution in [0.3, 0.4) is 0 Å². The van der Waals surface area contributed by atoms with Crippen LogP contribution < -0.4 is 10.6 Å². The number of amides is 1. The first-order valence-electron chi connectivity index (χ1n) is 7.28. The lowest BCUT2D eigenvalue weighted by molar-refractivity contribution is -0.117. The fourth-order valence-electron chi connectivity index (χ4n) is 2.67. The average molecular weight is 279 g/mol. The van der Waals surface area contributed by atoms with Crippen molar-refractivity contribution in [2.45, 2.75) is 44.7 Å². The van der Waals surface area contributed by atoms with Crippen LogP contribution in [0.5, 0.6) is 0 Å². The highest BCUT2D eigenvalue weighted by Crippen LogP contribution is 2.27. The van der Waals surface area contributed by atoms with Crippen LogP contribution in [0.2, 0.25) is 0 Å². The minimum absolute atomic E-state index is 0.0847. The standard InChI is InChI=1S/C13H21N5O2/c1-9-16-17-13(20-9)15-12(19)8-18(11-4-5-11)7-10-3-2-6-14-10/h10-11,14H,2-8H2,1H3,(H,15,17,19). The van der Waals surface area contributed by atoms with E-state index in [1.165, 1.54) is 25.7 Å². The van der Waals surface area contributed by atoms with Gasteiger partial charge in [-0.2, -0.15) is 0 Å². The number of aryl methyl sites for hydroxylation is 1. The third-order valence-electron chi connectivity index (χ3n) is 3.80. The number of anilines is 1. The highest BCUT2D eigenvalue weighted by molar-refractivity contribution is 5.90. The highest BCUT2D eigenvalue weighted by atomic mass is 16.4. The van der Waals surface area contributed by atoms with E-state index < -0.39 is 0 Å². The molecular formula is C13H21N5O2. The minimum atomic E-state index is -0.0847. The average Bonchev–Trinajstić information content (AvgIpc) is 2.99. The van der Waals surface area contributed by atoms with Crippen LogP contribution in [0.25, 0.3) is 0 Å². The lowest BCUT2D eigenvalue weighted by Gasteiger charge is -2.24. The molecule has 1 saturated heterocycles. The van der Waals surface area contributed by atoms with Crippen molar-refractivity contribution in [3.05, 3.63) is 5.89 Å². The Labute approximate surface area is 118 Å². The van der Waals surface area contributed by atoms with Crippen LogP contribution >= 0.6 is 0 Å². The van der Waals surface area contributed by atoms with Crippen molar-refractivity contribution in [1.82, 2.24) is 20.4 Å². The first-order chi connectivity index (χ1) is 9.70. The van der Waals surface area contributed by atoms with E-state index in [9.17, 15) is 4.79 Å². The molecule has 20 heavy (non-hydrogen) atoms. The molecule has 2 N–H and O–H groups in total. The topological polar surface area (TPSA) is 83.3 Å². The van der Waals surface area contributed by atoms with E-state index >= 15 is 0 Å². The van der Waals surface area contributed by atoms with Crippen LogP contribution in [0.1, 0.15) is 31.6 Å². The molecule has 0 spiro atoms. The first kappa shape index (κ1) is 13.5. The van der Waals surface area contributed by atoms with E-state index in [0.717, 1.165) is 13.1 Å². The Morgan fingerprint density at radius 1 is 1.45 bits per heavy atom. The second kappa shape index (κ2) is 5.88. The molecule has 1 aromatic rings. The third-order valence-corrected chi connectivity index (χ3v) is 3.80. The summed E-state index contributed by atoms with van der Waals surface area (Å²) in [6.45, 7) is 4.13. The monoisotopic (exact) mass is 279 g/mol. The number of nitrogens with zero attached hydrogens (tertiary/aromatic N) is 3. The SMILES string of the molecule is Cc1nnc(NC(=O)CN(CC2CCCN2)C2CC2)o1. The Morgan fingerprint density at radius 3 is 2.90 bits per heavy atom. The van der Waals surface area contributed by atoms with E-state index in [2.05, 4.69) is 25.7 Å². The van der Waals surface area contributed by atoms with Gasteiger partial charge < -0.3 is 9.73 Å². The number of hydrogen-bond donors (Lipinski definition) is 2. The number of aromatic nitrogens is 2. The Bertz CT molecular complexity index is 465. The fourth-order valence-corrected chi connectivity index (χ4v) is 2.67. The maximum atomic E-state index is 12.0. The maximum absolute atomic E-state index is 12.0. The van der Waals surface area contributed by atoms with Crippen LogP contribution in [-0.2, 0) is 4.79 Å². The predicted molar refractivity (Wildman–Crippen MR) is 73.3 cm³/mol. The smallest absolute Gasteiger partial charge is 0.322 e. The van der Waals surface area contributed by atoms with E-state index in [1.807, 2.05) is 0 Å². The molecule has 2 aliphatic rings. The van der Waals surface area contributed by atoms with E-state index in [0.29, 0.717) is 24.5 Å². The zero-order chi connectivity index (χ0) is 13.9. The summed E-state index contributed by atoms with van der Waals surface area (Å²) in [4.78, 5) is 14.3. The Hall–Kier alpha value is -1.47. The van der Waals surface area contributed by atoms with Crippen molar-refractivity contribution in [2.75, 3.05) is 25.0 Å². The number of hydrogen-bond acceptors (Lipinski definition) is 6. The summed E-state index contributed by atoms with van der Waals surface area (Å²) in [5.74, 6) is 0.369. The molecule has 7 nitrogen and oxygen atoms in total. The van der Waals surface area contributed by atoms with Gasteiger partial charge in [0.25, 0.3) is 0 Å². The largest absolute Gasteiger partial charge is 0.408 e. The van der Waals surface area contributed by atoms with Crippen molar-refractivity contribution < 1.29 is 9.21 Å². The second-order valence-corrected chi connectivity index (χ2v) is 5.63. The van der Waals surface area contributed by atoms with Crippen molar-refractivity contribution in [3.8, 4) is 0 Å². The second-order valence-electron chi connectivity index (χ2n) is 5.63. The van der Waals surface area contributed by atoms with Crippen molar-refractivity contribution in [3.63, 3.8) is 0 Å². The van der Waals surface area contributed by atoms with Gasteiger partial charge in [-0.1, -0.05) is 5.10 Å². The highest BCUT2D eigenvalue weighted by Gasteiger charge is 2.32. The molecule has 0 aromatic carbocycles. The van der Waals surface area contributed by atoms with E-state index in [4.69, 9.17) is 4.42 Å². The molecule has 1 atom stereocenters. The van der Waals surface area contributed by atoms with E-state index in [-0.39, 0.29) is 11.9 Å². The first-order valence-corrected chi connectivity index (χ1v) is 7.28. The summed E-state index contributed by atoms with van der Waals surface area (Å²) >= 11 is 0. The molecule has 110 valence electrons. The van der Waals surface area contributed by atoms with Crippen molar-refractivity contribution in [1.29, 1.82) is 0 Å². The summed E-state index contributed by atoms with van der Waals surface area (Å²) in [5, 5.41) is 13.6. The molecule has 1 unspecified atom stereocenters. The molecule has 1 amide bonds. The van der Waals surface area contributed by atoms with Gasteiger partial charge in [0.1, 0.15) is 0 Å². The fraction of sp³-hybridized carbons (Fsp3) is 0.769. The minimum Gasteiger partial charge on any atom is -0.408 e. The van der Waals surface area contributed by atoms with Crippen LogP contribution in [-0.4, -0.2) is 52.7 Å². The van der Waals surface area contributed by atoms with Gasteiger partial charge in [0.2, 0.25) is 11.8 Å². The molecule has 1 aliphatic carbocycles. The van der Waals surface area contributed by atoms with Gasteiger partial charge >= 0.3 is 6.01 Å². The molecule has 2 heterocycles. The zero-order valence-electron chi connectivity index (χ0n) is 11.8. The molecule has 3 rings (SSSR count). The quantitative estimate of drug-likeness (QED) is 0.790. The summed E-state index contributed by atoms with van der Waals surface area (Å²) in [6.07, 6.45) is 4.82. The predicted octanol–water partition coefficient (Wildman–Crippen LogP) is 0.533. The molecule has 1 aromatic heterocycles. The van der Waals surface area contributed by atoms with Crippen molar-refractivity contribution in [2.24, 2.45) is 0 Å². The zero-order valence-corrected chi connectivity index (χ0v) is 11.8. The maximum Gasteiger partial charge on any atom is 0.322 e. The summed E-state index contributed by atoms with van der Waals surface area (Å²) in [7, 11) is 0. The summed E-state index contributed by atoms with van der Waals surface area (Å²) in [5.41, 5.74) is 0. The van der Waals surface area contributed by atoms with Gasteiger partial charge in [-0.15, -0.1) is 5.10 Å². The molecule has 7 heteroatoms. The van der Waals surface area contributed by atoms with Gasteiger partial charge in [-0.3, -0.25) is 15.0 Å². The molecule has 0 bridgehead atoms. The third kappa shape index (κ3) is 3.55. The van der Waals surface area contributed by atoms with Crippen molar-refractivity contribution >= 4 is 11.9 Å². The molecule has 1 aliphatic heterocycles. The number of carbonyl (C=O) groups excluding carboxylic acids is 1. The summed E-state index contributed by atoms with van der Waals surface area (Å²) in [6, 6.07) is 1.27. The van der Waals surface area contributed by atoms with Crippen LogP contribution in [0.4, 0.5) is 6.01 Å². The van der Waals surface area contributed by atoms with Crippen LogP contribution in [0, 0.1) is 6.92 Å². The van der Waals surface area contributed by atoms with Gasteiger partial charge in [0, 0.05) is 25.6 Å². The number of carbonyl (C=O) groups is 1. The molecular weight excluding hydrogens is 258 g/mol. The van der Waals surface area contributed by atoms with Gasteiger partial charge in [-0.25, -0.2) is 0 Å². The van der Waals surface area contributed by atoms with E-state index in [1.54, 1.807) is 6.92 Å². The molecule has 2 fully saturated rings. The Kier molecular flexibility index (Phi) is 3.98. The lowest BCUT2D eigenvalue weighted by Crippen LogP contribution is -2.42. The number of rotatable bonds is 6. The Morgan fingerprint density at radius 2 is 2.30 bits per heavy atom. The summed E-state index contributed by atoms with van der Waals surface area (Å²) < 4.78 is 5.16. The Balaban J connectivity index is 1.51. The number of nitrogens with one attached hydrogen (secondary N) is 2. The molecule has 0 radical (unpaired) electrons. The normalized spacial score (nSPS) is 22.4.